The van der Waals surface area contributed by atoms with Crippen LogP contribution in [0.3, 0.4) is 0 Å². The molecule has 0 bridgehead atoms. The van der Waals surface area contributed by atoms with Gasteiger partial charge in [0, 0.05) is 8.32 Å². The van der Waals surface area contributed by atoms with E-state index in [0.29, 0.717) is 0 Å². The maximum Gasteiger partial charge on any atom is 4.00 e. The van der Waals surface area contributed by atoms with Gasteiger partial charge in [-0.05, 0) is 19.6 Å². The van der Waals surface area contributed by atoms with E-state index in [2.05, 4.69) is 39.3 Å². The van der Waals surface area contributed by atoms with E-state index in [0.717, 1.165) is 0 Å². The van der Waals surface area contributed by atoms with Crippen LogP contribution in [0.25, 0.3) is 0 Å². The van der Waals surface area contributed by atoms with Crippen LogP contribution in [-0.4, -0.2) is 16.6 Å². The fourth-order valence-electron chi connectivity index (χ4n) is 1.15. The second-order valence-corrected chi connectivity index (χ2v) is 13.5. The third kappa shape index (κ3) is 26.2. The first-order valence-electron chi connectivity index (χ1n) is 4.93. The number of hydrogen-bond acceptors (Lipinski definition) is 1. The van der Waals surface area contributed by atoms with E-state index in [-0.39, 0.29) is 35.9 Å². The van der Waals surface area contributed by atoms with Crippen LogP contribution in [0.2, 0.25) is 32.7 Å². The van der Waals surface area contributed by atoms with Crippen LogP contribution < -0.4 is 0 Å². The van der Waals surface area contributed by atoms with Crippen molar-refractivity contribution in [1.29, 1.82) is 0 Å². The molecule has 1 aromatic rings. The Balaban J connectivity index is -0.0000000921. The molecule has 0 aliphatic heterocycles. The van der Waals surface area contributed by atoms with Gasteiger partial charge in [-0.15, -0.1) is 0 Å². The zero-order chi connectivity index (χ0) is 11.2. The van der Waals surface area contributed by atoms with Crippen molar-refractivity contribution in [3.8, 4) is 0 Å². The van der Waals surface area contributed by atoms with Gasteiger partial charge < -0.3 is 25.5 Å². The largest absolute Gasteiger partial charge is 4.00 e. The average molecular weight is 452 g/mol. The van der Waals surface area contributed by atoms with Gasteiger partial charge in [0.1, 0.15) is 0 Å². The summed E-state index contributed by atoms with van der Waals surface area (Å²) in [6.45, 7) is 14.9. The van der Waals surface area contributed by atoms with E-state index in [9.17, 15) is 0 Å². The molecule has 0 fully saturated rings. The molecule has 0 heterocycles. The molecule has 1 nitrogen and oxygen atoms in total. The molecule has 0 aliphatic rings. The molecule has 104 valence electrons. The molecule has 0 radical (unpaired) electrons. The maximum absolute atomic E-state index is 5.79. The topological polar surface area (TPSA) is 9.23 Å². The Morgan fingerprint density at radius 3 is 1.35 bits per heavy atom. The van der Waals surface area contributed by atoms with Crippen molar-refractivity contribution in [3.05, 3.63) is 51.7 Å². The summed E-state index contributed by atoms with van der Waals surface area (Å²) in [6.07, 6.45) is 0. The Hall–Kier alpha value is 0.432. The first-order valence-corrected chi connectivity index (χ1v) is 11.5. The molecule has 0 aromatic heterocycles. The molecular formula is C13H28OPtSi2. The van der Waals surface area contributed by atoms with E-state index < -0.39 is 16.6 Å². The van der Waals surface area contributed by atoms with Crippen LogP contribution in [0.15, 0.2) is 30.3 Å². The Morgan fingerprint density at radius 1 is 0.941 bits per heavy atom. The minimum atomic E-state index is -1.48. The quantitative estimate of drug-likeness (QED) is 0.467. The minimum Gasteiger partial charge on any atom is -0.483 e. The minimum absolute atomic E-state index is 0. The van der Waals surface area contributed by atoms with Gasteiger partial charge >= 0.3 is 21.1 Å². The van der Waals surface area contributed by atoms with Crippen molar-refractivity contribution in [3.63, 3.8) is 0 Å². The van der Waals surface area contributed by atoms with Crippen molar-refractivity contribution >= 4 is 16.6 Å². The second kappa shape index (κ2) is 11.5. The predicted molar refractivity (Wildman–Crippen MR) is 82.1 cm³/mol. The summed E-state index contributed by atoms with van der Waals surface area (Å²) in [5.41, 5.74) is 0. The monoisotopic (exact) mass is 451 g/mol. The third-order valence-electron chi connectivity index (χ3n) is 1.14. The van der Waals surface area contributed by atoms with E-state index in [4.69, 9.17) is 4.12 Å². The molecule has 0 aliphatic carbocycles. The van der Waals surface area contributed by atoms with Gasteiger partial charge in [0.2, 0.25) is 0 Å². The average Bonchev–Trinajstić information content (AvgIpc) is 2.29. The summed E-state index contributed by atoms with van der Waals surface area (Å²) in [5, 5.41) is 0. The molecule has 1 aromatic carbocycles. The summed E-state index contributed by atoms with van der Waals surface area (Å²) in [7, 11) is -2.77. The summed E-state index contributed by atoms with van der Waals surface area (Å²) in [5.74, 6) is 0. The molecule has 0 spiro atoms. The Morgan fingerprint density at radius 2 is 1.29 bits per heavy atom. The fraction of sp³-hybridized carbons (Fsp3) is 0.385. The summed E-state index contributed by atoms with van der Waals surface area (Å²) < 4.78 is 5.79. The van der Waals surface area contributed by atoms with E-state index >= 15 is 0 Å². The Kier molecular flexibility index (Phi) is 17.7. The molecule has 0 saturated carbocycles. The van der Waals surface area contributed by atoms with Crippen molar-refractivity contribution in [2.24, 2.45) is 0 Å². The van der Waals surface area contributed by atoms with Gasteiger partial charge in [-0.1, -0.05) is 13.1 Å². The molecule has 17 heavy (non-hydrogen) atoms. The van der Waals surface area contributed by atoms with Gasteiger partial charge in [-0.3, -0.25) is 0 Å². The van der Waals surface area contributed by atoms with E-state index in [1.807, 2.05) is 30.3 Å². The molecular weight excluding hydrogens is 423 g/mol. The second-order valence-electron chi connectivity index (χ2n) is 4.94. The molecule has 0 amide bonds. The van der Waals surface area contributed by atoms with E-state index in [1.54, 1.807) is 0 Å². The Bertz CT molecular complexity index is 193. The van der Waals surface area contributed by atoms with Crippen LogP contribution in [0.4, 0.5) is 0 Å². The van der Waals surface area contributed by atoms with Crippen LogP contribution >= 0.6 is 0 Å². The van der Waals surface area contributed by atoms with Gasteiger partial charge in [0.05, 0.1) is 0 Å². The van der Waals surface area contributed by atoms with Crippen molar-refractivity contribution in [1.82, 2.24) is 0 Å². The molecule has 0 atom stereocenters. The molecule has 0 saturated heterocycles. The number of rotatable bonds is 2. The van der Waals surface area contributed by atoms with E-state index in [1.165, 1.54) is 0 Å². The Labute approximate surface area is 126 Å². The molecule has 0 N–H and O–H groups in total. The zero-order valence-corrected chi connectivity index (χ0v) is 16.6. The first kappa shape index (κ1) is 26.1. The van der Waals surface area contributed by atoms with Crippen LogP contribution in [0.1, 0.15) is 0 Å². The molecule has 1 rings (SSSR count). The van der Waals surface area contributed by atoms with Gasteiger partial charge in [0.15, 0.2) is 8.32 Å². The van der Waals surface area contributed by atoms with Crippen molar-refractivity contribution in [2.75, 3.05) is 0 Å². The normalized spacial score (nSPS) is 9.76. The molecule has 4 heteroatoms. The van der Waals surface area contributed by atoms with Crippen LogP contribution in [0.5, 0.6) is 0 Å². The first-order chi connectivity index (χ1) is 6.21. The van der Waals surface area contributed by atoms with Gasteiger partial charge in [-0.2, -0.15) is 18.2 Å². The summed E-state index contributed by atoms with van der Waals surface area (Å²) >= 11 is 0. The summed E-state index contributed by atoms with van der Waals surface area (Å²) in [4.78, 5) is 0. The van der Waals surface area contributed by atoms with Crippen molar-refractivity contribution < 1.29 is 25.2 Å². The van der Waals surface area contributed by atoms with Gasteiger partial charge in [0.25, 0.3) is 0 Å². The zero-order valence-electron chi connectivity index (χ0n) is 12.3. The maximum atomic E-state index is 5.79. The molecule has 0 unspecified atom stereocenters. The fourth-order valence-corrected chi connectivity index (χ4v) is 7.78. The van der Waals surface area contributed by atoms with Gasteiger partial charge in [-0.25, -0.2) is 12.1 Å². The predicted octanol–water partition coefficient (Wildman–Crippen LogP) is 4.72. The number of hydrogen-bond donors (Lipinski definition) is 0. The smallest absolute Gasteiger partial charge is 0.483 e. The summed E-state index contributed by atoms with van der Waals surface area (Å²) in [6, 6.07) is 10.0. The third-order valence-corrected chi connectivity index (χ3v) is 5.80. The van der Waals surface area contributed by atoms with Crippen molar-refractivity contribution in [2.45, 2.75) is 32.7 Å². The van der Waals surface area contributed by atoms with Crippen LogP contribution in [0, 0.1) is 21.4 Å². The standard InChI is InChI=1S/C6H17OSi2.C5H5.2CH3.Pt/c1-8(2,3)7-9(4,5)6;1-2-4-5-3-1;;;/h1H2,2-6H3;1-5H;2*1H3;/q4*-1;+4. The SMILES string of the molecule is [CH2-][Si](C)(C)O[Si](C)(C)C.[CH3-].[CH3-].[Pt+4].c1cc[cH-]c1. The van der Waals surface area contributed by atoms with Crippen LogP contribution in [-0.2, 0) is 25.2 Å².